The van der Waals surface area contributed by atoms with Gasteiger partial charge in [0.25, 0.3) is 5.91 Å². The van der Waals surface area contributed by atoms with Crippen LogP contribution in [-0.4, -0.2) is 48.0 Å². The Morgan fingerprint density at radius 2 is 2.00 bits per heavy atom. The predicted octanol–water partition coefficient (Wildman–Crippen LogP) is 2.27. The molecule has 0 bridgehead atoms. The van der Waals surface area contributed by atoms with Gasteiger partial charge in [-0.05, 0) is 26.0 Å². The lowest BCUT2D eigenvalue weighted by Gasteiger charge is -2.35. The predicted molar refractivity (Wildman–Crippen MR) is 93.0 cm³/mol. The molecule has 25 heavy (non-hydrogen) atoms. The number of rotatable bonds is 5. The van der Waals surface area contributed by atoms with Crippen LogP contribution in [0.5, 0.6) is 0 Å². The first-order valence-corrected chi connectivity index (χ1v) is 8.50. The second-order valence-corrected chi connectivity index (χ2v) is 6.47. The van der Waals surface area contributed by atoms with Gasteiger partial charge in [0, 0.05) is 32.2 Å². The lowest BCUT2D eigenvalue weighted by Crippen LogP contribution is -2.46. The first-order valence-electron chi connectivity index (χ1n) is 8.50. The third-order valence-corrected chi connectivity index (χ3v) is 4.13. The molecule has 134 valence electrons. The van der Waals surface area contributed by atoms with Crippen molar-refractivity contribution < 1.29 is 13.6 Å². The average Bonchev–Trinajstić information content (AvgIpc) is 3.04. The number of hydrogen-bond donors (Lipinski definition) is 1. The van der Waals surface area contributed by atoms with Crippen molar-refractivity contribution in [3.05, 3.63) is 47.9 Å². The van der Waals surface area contributed by atoms with Crippen LogP contribution in [0.1, 0.15) is 30.2 Å². The van der Waals surface area contributed by atoms with Crippen LogP contribution in [0, 0.1) is 5.82 Å². The first-order chi connectivity index (χ1) is 12.0. The molecule has 0 saturated carbocycles. The summed E-state index contributed by atoms with van der Waals surface area (Å²) in [5.41, 5.74) is 0.944. The molecule has 1 fully saturated rings. The molecule has 0 atom stereocenters. The largest absolute Gasteiger partial charge is 0.447 e. The number of para-hydroxylation sites is 1. The molecule has 1 aliphatic rings. The SMILES string of the molecule is CC(C)NC(=O)c1coc(CN2CCN(c3ccccc3F)CC2)n1. The highest BCUT2D eigenvalue weighted by Crippen LogP contribution is 2.20. The van der Waals surface area contributed by atoms with Crippen molar-refractivity contribution in [2.24, 2.45) is 0 Å². The molecule has 0 radical (unpaired) electrons. The van der Waals surface area contributed by atoms with Gasteiger partial charge in [-0.3, -0.25) is 9.69 Å². The first kappa shape index (κ1) is 17.4. The Hall–Kier alpha value is -2.41. The monoisotopic (exact) mass is 346 g/mol. The van der Waals surface area contributed by atoms with E-state index in [1.54, 1.807) is 12.1 Å². The van der Waals surface area contributed by atoms with Crippen molar-refractivity contribution in [1.29, 1.82) is 0 Å². The summed E-state index contributed by atoms with van der Waals surface area (Å²) < 4.78 is 19.3. The Labute approximate surface area is 146 Å². The van der Waals surface area contributed by atoms with Crippen molar-refractivity contribution in [3.8, 4) is 0 Å². The van der Waals surface area contributed by atoms with E-state index in [9.17, 15) is 9.18 Å². The highest BCUT2D eigenvalue weighted by atomic mass is 19.1. The molecule has 1 N–H and O–H groups in total. The molecule has 0 unspecified atom stereocenters. The third-order valence-electron chi connectivity index (χ3n) is 4.13. The van der Waals surface area contributed by atoms with E-state index in [-0.39, 0.29) is 17.8 Å². The van der Waals surface area contributed by atoms with E-state index in [1.807, 2.05) is 24.8 Å². The minimum absolute atomic E-state index is 0.0547. The van der Waals surface area contributed by atoms with E-state index in [4.69, 9.17) is 4.42 Å². The summed E-state index contributed by atoms with van der Waals surface area (Å²) in [4.78, 5) is 20.4. The normalized spacial score (nSPS) is 15.6. The van der Waals surface area contributed by atoms with Crippen LogP contribution >= 0.6 is 0 Å². The molecule has 0 aliphatic carbocycles. The van der Waals surface area contributed by atoms with Gasteiger partial charge < -0.3 is 14.6 Å². The van der Waals surface area contributed by atoms with Gasteiger partial charge in [0.05, 0.1) is 12.2 Å². The van der Waals surface area contributed by atoms with Crippen molar-refractivity contribution in [3.63, 3.8) is 0 Å². The Morgan fingerprint density at radius 1 is 1.28 bits per heavy atom. The Kier molecular flexibility index (Phi) is 5.33. The number of oxazole rings is 1. The van der Waals surface area contributed by atoms with Crippen molar-refractivity contribution in [1.82, 2.24) is 15.2 Å². The van der Waals surface area contributed by atoms with Crippen molar-refractivity contribution in [2.45, 2.75) is 26.4 Å². The Bertz CT molecular complexity index is 723. The molecular weight excluding hydrogens is 323 g/mol. The fourth-order valence-electron chi connectivity index (χ4n) is 2.87. The highest BCUT2D eigenvalue weighted by Gasteiger charge is 2.21. The van der Waals surface area contributed by atoms with E-state index in [1.165, 1.54) is 12.3 Å². The number of carbonyl (C=O) groups excluding carboxylic acids is 1. The number of halogens is 1. The summed E-state index contributed by atoms with van der Waals surface area (Å²) in [6, 6.07) is 6.89. The fourth-order valence-corrected chi connectivity index (χ4v) is 2.87. The number of benzene rings is 1. The smallest absolute Gasteiger partial charge is 0.273 e. The van der Waals surface area contributed by atoms with Gasteiger partial charge >= 0.3 is 0 Å². The van der Waals surface area contributed by atoms with Gasteiger partial charge in [0.2, 0.25) is 5.89 Å². The number of nitrogens with one attached hydrogen (secondary N) is 1. The topological polar surface area (TPSA) is 61.6 Å². The van der Waals surface area contributed by atoms with Gasteiger partial charge in [-0.1, -0.05) is 12.1 Å². The zero-order valence-electron chi connectivity index (χ0n) is 14.5. The van der Waals surface area contributed by atoms with E-state index in [0.717, 1.165) is 26.2 Å². The summed E-state index contributed by atoms with van der Waals surface area (Å²) in [6.07, 6.45) is 1.39. The number of aromatic nitrogens is 1. The molecular formula is C18H23FN4O2. The molecule has 1 aromatic heterocycles. The van der Waals surface area contributed by atoms with E-state index in [0.29, 0.717) is 23.8 Å². The van der Waals surface area contributed by atoms with Crippen LogP contribution in [0.2, 0.25) is 0 Å². The van der Waals surface area contributed by atoms with Crippen LogP contribution in [0.15, 0.2) is 34.9 Å². The van der Waals surface area contributed by atoms with Gasteiger partial charge in [0.1, 0.15) is 12.1 Å². The molecule has 3 rings (SSSR count). The second-order valence-electron chi connectivity index (χ2n) is 6.47. The quantitative estimate of drug-likeness (QED) is 0.900. The van der Waals surface area contributed by atoms with Crippen molar-refractivity contribution in [2.75, 3.05) is 31.1 Å². The van der Waals surface area contributed by atoms with Gasteiger partial charge in [-0.25, -0.2) is 9.37 Å². The van der Waals surface area contributed by atoms with Crippen LogP contribution in [0.4, 0.5) is 10.1 Å². The van der Waals surface area contributed by atoms with Gasteiger partial charge in [0.15, 0.2) is 5.69 Å². The number of carbonyl (C=O) groups is 1. The maximum absolute atomic E-state index is 13.9. The van der Waals surface area contributed by atoms with Crippen LogP contribution in [0.25, 0.3) is 0 Å². The number of hydrogen-bond acceptors (Lipinski definition) is 5. The molecule has 1 aromatic carbocycles. The summed E-state index contributed by atoms with van der Waals surface area (Å²) in [6.45, 7) is 7.38. The molecule has 0 spiro atoms. The van der Waals surface area contributed by atoms with E-state index >= 15 is 0 Å². The molecule has 2 aromatic rings. The average molecular weight is 346 g/mol. The number of anilines is 1. The lowest BCUT2D eigenvalue weighted by molar-refractivity contribution is 0.0938. The molecule has 1 amide bonds. The van der Waals surface area contributed by atoms with Crippen LogP contribution < -0.4 is 10.2 Å². The number of amides is 1. The minimum atomic E-state index is -0.227. The van der Waals surface area contributed by atoms with Gasteiger partial charge in [-0.15, -0.1) is 0 Å². The van der Waals surface area contributed by atoms with Crippen LogP contribution in [-0.2, 0) is 6.54 Å². The van der Waals surface area contributed by atoms with E-state index in [2.05, 4.69) is 15.2 Å². The second kappa shape index (κ2) is 7.65. The number of piperazine rings is 1. The fraction of sp³-hybridized carbons (Fsp3) is 0.444. The minimum Gasteiger partial charge on any atom is -0.447 e. The molecule has 6 nitrogen and oxygen atoms in total. The summed E-state index contributed by atoms with van der Waals surface area (Å²) in [5.74, 6) is 0.104. The molecule has 7 heteroatoms. The Balaban J connectivity index is 1.53. The van der Waals surface area contributed by atoms with E-state index < -0.39 is 0 Å². The third kappa shape index (κ3) is 4.36. The maximum Gasteiger partial charge on any atom is 0.273 e. The molecule has 1 saturated heterocycles. The number of nitrogens with zero attached hydrogens (tertiary/aromatic N) is 3. The highest BCUT2D eigenvalue weighted by molar-refractivity contribution is 5.92. The summed E-state index contributed by atoms with van der Waals surface area (Å²) in [5, 5.41) is 2.79. The zero-order chi connectivity index (χ0) is 17.8. The van der Waals surface area contributed by atoms with Crippen molar-refractivity contribution >= 4 is 11.6 Å². The lowest BCUT2D eigenvalue weighted by atomic mass is 10.2. The van der Waals surface area contributed by atoms with Crippen LogP contribution in [0.3, 0.4) is 0 Å². The molecule has 1 aliphatic heterocycles. The van der Waals surface area contributed by atoms with Gasteiger partial charge in [-0.2, -0.15) is 0 Å². The zero-order valence-corrected chi connectivity index (χ0v) is 14.5. The summed E-state index contributed by atoms with van der Waals surface area (Å²) >= 11 is 0. The molecule has 2 heterocycles. The Morgan fingerprint density at radius 3 is 2.68 bits per heavy atom. The maximum atomic E-state index is 13.9. The summed E-state index contributed by atoms with van der Waals surface area (Å²) in [7, 11) is 0. The standard InChI is InChI=1S/C18H23FN4O2/c1-13(2)20-18(24)15-12-25-17(21-15)11-22-7-9-23(10-8-22)16-6-4-3-5-14(16)19/h3-6,12-13H,7-11H2,1-2H3,(H,20,24).